The van der Waals surface area contributed by atoms with Crippen molar-refractivity contribution in [2.24, 2.45) is 15.7 Å². The number of amidine groups is 1. The molecule has 1 rings (SSSR count). The predicted octanol–water partition coefficient (Wildman–Crippen LogP) is 0.777. The van der Waals surface area contributed by atoms with Crippen molar-refractivity contribution in [2.75, 3.05) is 0 Å². The molecular weight excluding hydrogens is 142 g/mol. The minimum Gasteiger partial charge on any atom is -0.405 e. The molecule has 1 aliphatic heterocycles. The van der Waals surface area contributed by atoms with Gasteiger partial charge in [-0.15, -0.1) is 0 Å². The molecule has 0 aliphatic carbocycles. The minimum absolute atomic E-state index is 0.124. The molecule has 0 saturated heterocycles. The molecule has 0 aromatic rings. The summed E-state index contributed by atoms with van der Waals surface area (Å²) < 4.78 is 4.94. The molecule has 1 heterocycles. The quantitative estimate of drug-likeness (QED) is 0.601. The fourth-order valence-corrected chi connectivity index (χ4v) is 0.704. The molecule has 0 aromatic carbocycles. The topological polar surface area (TPSA) is 60.0 Å². The summed E-state index contributed by atoms with van der Waals surface area (Å²) in [6.07, 6.45) is 3.15. The smallest absolute Gasteiger partial charge is 0.294 e. The Kier molecular flexibility index (Phi) is 2.06. The molecule has 0 unspecified atom stereocenters. The normalized spacial score (nSPS) is 23.5. The zero-order chi connectivity index (χ0) is 8.27. The van der Waals surface area contributed by atoms with Crippen LogP contribution in [0.5, 0.6) is 0 Å². The zero-order valence-corrected chi connectivity index (χ0v) is 6.24. The van der Waals surface area contributed by atoms with Crippen molar-refractivity contribution in [1.82, 2.24) is 0 Å². The monoisotopic (exact) mass is 151 g/mol. The number of hydrogen-bond acceptors (Lipinski definition) is 4. The van der Waals surface area contributed by atoms with E-state index in [9.17, 15) is 0 Å². The second-order valence-electron chi connectivity index (χ2n) is 1.84. The van der Waals surface area contributed by atoms with E-state index < -0.39 is 0 Å². The van der Waals surface area contributed by atoms with Gasteiger partial charge < -0.3 is 10.5 Å². The number of rotatable bonds is 1. The average Bonchev–Trinajstić information content (AvgIpc) is 2.32. The van der Waals surface area contributed by atoms with Crippen LogP contribution in [0, 0.1) is 0 Å². The fraction of sp³-hybridized carbons (Fsp3) is 0.143. The van der Waals surface area contributed by atoms with Gasteiger partial charge in [0.15, 0.2) is 0 Å². The molecular formula is C7H9N3O. The lowest BCUT2D eigenvalue weighted by molar-refractivity contribution is 0.555. The van der Waals surface area contributed by atoms with Crippen LogP contribution in [-0.2, 0) is 4.74 Å². The highest BCUT2D eigenvalue weighted by molar-refractivity contribution is 6.06. The Morgan fingerprint density at radius 2 is 2.45 bits per heavy atom. The van der Waals surface area contributed by atoms with Crippen molar-refractivity contribution in [3.8, 4) is 0 Å². The van der Waals surface area contributed by atoms with Crippen molar-refractivity contribution in [2.45, 2.75) is 6.92 Å². The Labute approximate surface area is 64.8 Å². The van der Waals surface area contributed by atoms with Crippen LogP contribution in [-0.4, -0.2) is 11.9 Å². The minimum atomic E-state index is 0.124. The van der Waals surface area contributed by atoms with Gasteiger partial charge in [-0.05, 0) is 6.92 Å². The Hall–Kier alpha value is -1.58. The zero-order valence-electron chi connectivity index (χ0n) is 6.24. The van der Waals surface area contributed by atoms with Gasteiger partial charge in [0.2, 0.25) is 5.90 Å². The maximum atomic E-state index is 5.29. The lowest BCUT2D eigenvalue weighted by Gasteiger charge is -1.93. The maximum Gasteiger partial charge on any atom is 0.294 e. The Morgan fingerprint density at radius 1 is 1.73 bits per heavy atom. The fourth-order valence-electron chi connectivity index (χ4n) is 0.704. The third kappa shape index (κ3) is 1.46. The molecule has 0 radical (unpaired) electrons. The van der Waals surface area contributed by atoms with Gasteiger partial charge >= 0.3 is 0 Å². The summed E-state index contributed by atoms with van der Waals surface area (Å²) in [5.74, 6) is 0.403. The van der Waals surface area contributed by atoms with Gasteiger partial charge in [-0.3, -0.25) is 0 Å². The summed E-state index contributed by atoms with van der Waals surface area (Å²) in [6.45, 7) is 5.26. The van der Waals surface area contributed by atoms with Crippen molar-refractivity contribution in [1.29, 1.82) is 0 Å². The van der Waals surface area contributed by atoms with Gasteiger partial charge in [0.05, 0.1) is 0 Å². The van der Waals surface area contributed by atoms with Crippen molar-refractivity contribution < 1.29 is 4.74 Å². The number of aliphatic imine (C=N–C) groups is 2. The summed E-state index contributed by atoms with van der Waals surface area (Å²) in [5, 5.41) is 0. The van der Waals surface area contributed by atoms with Crippen LogP contribution in [0.1, 0.15) is 6.92 Å². The Morgan fingerprint density at radius 3 is 3.00 bits per heavy atom. The van der Waals surface area contributed by atoms with Crippen molar-refractivity contribution in [3.63, 3.8) is 0 Å². The van der Waals surface area contributed by atoms with E-state index >= 15 is 0 Å². The molecule has 11 heavy (non-hydrogen) atoms. The molecule has 0 amide bonds. The summed E-state index contributed by atoms with van der Waals surface area (Å²) in [7, 11) is 0. The number of nitrogens with zero attached hydrogens (tertiary/aromatic N) is 2. The van der Waals surface area contributed by atoms with Gasteiger partial charge in [0.1, 0.15) is 5.70 Å². The SMILES string of the molecule is C=C/N=C1/OC(N)=N/C1=C/C. The average molecular weight is 151 g/mol. The van der Waals surface area contributed by atoms with E-state index in [-0.39, 0.29) is 6.02 Å². The van der Waals surface area contributed by atoms with Crippen LogP contribution in [0.3, 0.4) is 0 Å². The first kappa shape index (κ1) is 7.53. The first-order chi connectivity index (χ1) is 5.27. The molecule has 0 fully saturated rings. The standard InChI is InChI=1S/C7H9N3O/c1-3-5-6(9-4-2)11-7(8)10-5/h3-4H,2H2,1H3,(H2,8,10)/b5-3+,9-6+. The van der Waals surface area contributed by atoms with Crippen LogP contribution >= 0.6 is 0 Å². The van der Waals surface area contributed by atoms with Crippen LogP contribution in [0.2, 0.25) is 0 Å². The Balaban J connectivity index is 2.92. The van der Waals surface area contributed by atoms with Gasteiger partial charge in [-0.1, -0.05) is 12.7 Å². The highest BCUT2D eigenvalue weighted by Crippen LogP contribution is 2.09. The van der Waals surface area contributed by atoms with Crippen LogP contribution < -0.4 is 5.73 Å². The molecule has 4 nitrogen and oxygen atoms in total. The number of nitrogens with two attached hydrogens (primary N) is 1. The molecule has 58 valence electrons. The molecule has 0 atom stereocenters. The van der Waals surface area contributed by atoms with Gasteiger partial charge in [-0.25, -0.2) is 4.99 Å². The molecule has 1 aliphatic rings. The van der Waals surface area contributed by atoms with E-state index in [0.29, 0.717) is 11.6 Å². The number of hydrogen-bond donors (Lipinski definition) is 1. The summed E-state index contributed by atoms with van der Waals surface area (Å²) in [5.41, 5.74) is 5.93. The molecule has 0 aromatic heterocycles. The largest absolute Gasteiger partial charge is 0.405 e. The van der Waals surface area contributed by atoms with E-state index in [4.69, 9.17) is 10.5 Å². The van der Waals surface area contributed by atoms with E-state index in [1.54, 1.807) is 6.08 Å². The second kappa shape index (κ2) is 3.01. The van der Waals surface area contributed by atoms with Crippen molar-refractivity contribution >= 4 is 11.9 Å². The third-order valence-corrected chi connectivity index (χ3v) is 1.13. The lowest BCUT2D eigenvalue weighted by atomic mass is 10.4. The molecule has 4 heteroatoms. The summed E-state index contributed by atoms with van der Waals surface area (Å²) in [4.78, 5) is 7.68. The van der Waals surface area contributed by atoms with E-state index in [1.165, 1.54) is 6.20 Å². The second-order valence-corrected chi connectivity index (χ2v) is 1.84. The van der Waals surface area contributed by atoms with Crippen LogP contribution in [0.15, 0.2) is 34.5 Å². The molecule has 0 bridgehead atoms. The highest BCUT2D eigenvalue weighted by Gasteiger charge is 2.16. The number of ether oxygens (including phenoxy) is 1. The van der Waals surface area contributed by atoms with Gasteiger partial charge in [0, 0.05) is 6.20 Å². The highest BCUT2D eigenvalue weighted by atomic mass is 16.5. The predicted molar refractivity (Wildman–Crippen MR) is 44.1 cm³/mol. The molecule has 0 spiro atoms. The third-order valence-electron chi connectivity index (χ3n) is 1.13. The first-order valence-corrected chi connectivity index (χ1v) is 3.15. The van der Waals surface area contributed by atoms with E-state index in [2.05, 4.69) is 16.6 Å². The van der Waals surface area contributed by atoms with E-state index in [0.717, 1.165) is 0 Å². The number of allylic oxidation sites excluding steroid dienone is 1. The maximum absolute atomic E-state index is 5.29. The lowest BCUT2D eigenvalue weighted by Crippen LogP contribution is -2.13. The summed E-state index contributed by atoms with van der Waals surface area (Å²) >= 11 is 0. The molecule has 0 saturated carbocycles. The van der Waals surface area contributed by atoms with Gasteiger partial charge in [-0.2, -0.15) is 4.99 Å². The van der Waals surface area contributed by atoms with Crippen LogP contribution in [0.25, 0.3) is 0 Å². The van der Waals surface area contributed by atoms with Crippen LogP contribution in [0.4, 0.5) is 0 Å². The summed E-state index contributed by atoms with van der Waals surface area (Å²) in [6, 6.07) is 0.124. The van der Waals surface area contributed by atoms with Crippen molar-refractivity contribution in [3.05, 3.63) is 24.6 Å². The molecule has 2 N–H and O–H groups in total. The van der Waals surface area contributed by atoms with Gasteiger partial charge in [0.25, 0.3) is 6.02 Å². The van der Waals surface area contributed by atoms with E-state index in [1.807, 2.05) is 6.92 Å². The first-order valence-electron chi connectivity index (χ1n) is 3.15. The Bertz CT molecular complexity index is 263.